The first kappa shape index (κ1) is 14.5. The van der Waals surface area contributed by atoms with Gasteiger partial charge in [-0.25, -0.2) is 5.84 Å². The molecule has 1 aliphatic carbocycles. The number of rotatable bonds is 7. The van der Waals surface area contributed by atoms with Gasteiger partial charge in [0.2, 0.25) is 5.91 Å². The number of unbranched alkanes of at least 4 members (excludes halogenated alkanes) is 2. The molecule has 2 atom stereocenters. The number of amides is 1. The van der Waals surface area contributed by atoms with Gasteiger partial charge in [0.05, 0.1) is 6.10 Å². The highest BCUT2D eigenvalue weighted by Crippen LogP contribution is 2.26. The molecule has 1 fully saturated rings. The molecule has 1 aliphatic rings. The zero-order chi connectivity index (χ0) is 12.5. The van der Waals surface area contributed by atoms with E-state index < -0.39 is 0 Å². The van der Waals surface area contributed by atoms with Crippen LogP contribution in [-0.4, -0.2) is 18.6 Å². The Kier molecular flexibility index (Phi) is 7.21. The summed E-state index contributed by atoms with van der Waals surface area (Å²) in [5, 5.41) is 0. The van der Waals surface area contributed by atoms with Crippen molar-refractivity contribution in [2.75, 3.05) is 6.61 Å². The topological polar surface area (TPSA) is 64.3 Å². The smallest absolute Gasteiger partial charge is 0.233 e. The molecule has 0 bridgehead atoms. The number of nitrogens with two attached hydrogens (primary N) is 1. The van der Waals surface area contributed by atoms with Crippen molar-refractivity contribution >= 4 is 5.91 Å². The predicted octanol–water partition coefficient (Wildman–Crippen LogP) is 2.13. The van der Waals surface area contributed by atoms with E-state index in [0.717, 1.165) is 25.9 Å². The van der Waals surface area contributed by atoms with Gasteiger partial charge in [0.25, 0.3) is 0 Å². The van der Waals surface area contributed by atoms with Crippen molar-refractivity contribution in [2.45, 2.75) is 64.4 Å². The third-order valence-corrected chi connectivity index (χ3v) is 3.57. The van der Waals surface area contributed by atoms with Crippen LogP contribution in [0.25, 0.3) is 0 Å². The molecule has 0 aromatic carbocycles. The zero-order valence-electron chi connectivity index (χ0n) is 10.9. The Morgan fingerprint density at radius 3 is 2.76 bits per heavy atom. The van der Waals surface area contributed by atoms with E-state index in [1.807, 2.05) is 0 Å². The molecule has 4 heteroatoms. The summed E-state index contributed by atoms with van der Waals surface area (Å²) in [6, 6.07) is 0. The van der Waals surface area contributed by atoms with Gasteiger partial charge in [-0.15, -0.1) is 0 Å². The normalized spacial score (nSPS) is 24.6. The van der Waals surface area contributed by atoms with Crippen LogP contribution < -0.4 is 11.3 Å². The second kappa shape index (κ2) is 8.48. The second-order valence-electron chi connectivity index (χ2n) is 5.05. The molecular formula is C13H26N2O2. The van der Waals surface area contributed by atoms with E-state index in [2.05, 4.69) is 12.3 Å². The van der Waals surface area contributed by atoms with Crippen molar-refractivity contribution < 1.29 is 9.53 Å². The molecule has 0 saturated heterocycles. The highest BCUT2D eigenvalue weighted by Gasteiger charge is 2.21. The fraction of sp³-hybridized carbons (Fsp3) is 0.923. The first-order chi connectivity index (χ1) is 8.24. The molecule has 1 saturated carbocycles. The van der Waals surface area contributed by atoms with Crippen LogP contribution >= 0.6 is 0 Å². The summed E-state index contributed by atoms with van der Waals surface area (Å²) in [4.78, 5) is 10.9. The molecular weight excluding hydrogens is 216 g/mol. The highest BCUT2D eigenvalue weighted by molar-refractivity contribution is 5.74. The maximum Gasteiger partial charge on any atom is 0.233 e. The summed E-state index contributed by atoms with van der Waals surface area (Å²) >= 11 is 0. The maximum atomic E-state index is 10.9. The van der Waals surface area contributed by atoms with E-state index in [1.54, 1.807) is 0 Å². The summed E-state index contributed by atoms with van der Waals surface area (Å²) in [7, 11) is 0. The highest BCUT2D eigenvalue weighted by atomic mass is 16.5. The maximum absolute atomic E-state index is 10.9. The van der Waals surface area contributed by atoms with E-state index in [4.69, 9.17) is 10.6 Å². The zero-order valence-corrected chi connectivity index (χ0v) is 10.9. The Labute approximate surface area is 104 Å². The standard InChI is InChI=1S/C13H26N2O2/c1-11-7-4-5-8-12(11)17-10-6-2-3-9-13(16)15-14/h11-12H,2-10,14H2,1H3,(H,15,16). The molecule has 3 N–H and O–H groups in total. The minimum absolute atomic E-state index is 0.0770. The Bertz CT molecular complexity index is 221. The van der Waals surface area contributed by atoms with Gasteiger partial charge in [-0.05, 0) is 31.6 Å². The predicted molar refractivity (Wildman–Crippen MR) is 68.2 cm³/mol. The quantitative estimate of drug-likeness (QED) is 0.311. The Hall–Kier alpha value is -0.610. The van der Waals surface area contributed by atoms with Crippen molar-refractivity contribution in [2.24, 2.45) is 11.8 Å². The van der Waals surface area contributed by atoms with Gasteiger partial charge < -0.3 is 4.74 Å². The van der Waals surface area contributed by atoms with E-state index >= 15 is 0 Å². The molecule has 2 unspecified atom stereocenters. The largest absolute Gasteiger partial charge is 0.378 e. The number of nitrogens with one attached hydrogen (secondary N) is 1. The van der Waals surface area contributed by atoms with Crippen LogP contribution in [0, 0.1) is 5.92 Å². The van der Waals surface area contributed by atoms with Crippen LogP contribution in [0.5, 0.6) is 0 Å². The van der Waals surface area contributed by atoms with Crippen molar-refractivity contribution in [3.63, 3.8) is 0 Å². The monoisotopic (exact) mass is 242 g/mol. The van der Waals surface area contributed by atoms with Gasteiger partial charge in [-0.3, -0.25) is 10.2 Å². The van der Waals surface area contributed by atoms with Crippen LogP contribution in [-0.2, 0) is 9.53 Å². The van der Waals surface area contributed by atoms with Crippen molar-refractivity contribution in [3.05, 3.63) is 0 Å². The van der Waals surface area contributed by atoms with Crippen LogP contribution in [0.1, 0.15) is 58.3 Å². The summed E-state index contributed by atoms with van der Waals surface area (Å²) in [5.41, 5.74) is 2.14. The lowest BCUT2D eigenvalue weighted by Crippen LogP contribution is -2.29. The Morgan fingerprint density at radius 1 is 1.29 bits per heavy atom. The average Bonchev–Trinajstić information content (AvgIpc) is 2.35. The first-order valence-electron chi connectivity index (χ1n) is 6.85. The number of carbonyl (C=O) groups is 1. The SMILES string of the molecule is CC1CCCCC1OCCCCCC(=O)NN. The van der Waals surface area contributed by atoms with Gasteiger partial charge in [-0.2, -0.15) is 0 Å². The van der Waals surface area contributed by atoms with Gasteiger partial charge >= 0.3 is 0 Å². The van der Waals surface area contributed by atoms with E-state index in [9.17, 15) is 4.79 Å². The average molecular weight is 242 g/mol. The molecule has 4 nitrogen and oxygen atoms in total. The van der Waals surface area contributed by atoms with Gasteiger partial charge in [0.1, 0.15) is 0 Å². The van der Waals surface area contributed by atoms with E-state index in [-0.39, 0.29) is 5.91 Å². The molecule has 0 aromatic heterocycles. The lowest BCUT2D eigenvalue weighted by Gasteiger charge is -2.28. The molecule has 1 rings (SSSR count). The molecule has 0 aliphatic heterocycles. The van der Waals surface area contributed by atoms with Gasteiger partial charge in [0.15, 0.2) is 0 Å². The van der Waals surface area contributed by atoms with Crippen molar-refractivity contribution in [3.8, 4) is 0 Å². The lowest BCUT2D eigenvalue weighted by molar-refractivity contribution is -0.121. The molecule has 17 heavy (non-hydrogen) atoms. The van der Waals surface area contributed by atoms with Gasteiger partial charge in [0, 0.05) is 13.0 Å². The first-order valence-corrected chi connectivity index (χ1v) is 6.85. The number of carbonyl (C=O) groups excluding carboxylic acids is 1. The van der Waals surface area contributed by atoms with Crippen molar-refractivity contribution in [1.82, 2.24) is 5.43 Å². The molecule has 0 spiro atoms. The Morgan fingerprint density at radius 2 is 2.06 bits per heavy atom. The van der Waals surface area contributed by atoms with Gasteiger partial charge in [-0.1, -0.05) is 26.2 Å². The van der Waals surface area contributed by atoms with E-state index in [0.29, 0.717) is 18.4 Å². The molecule has 0 aromatic rings. The molecule has 100 valence electrons. The number of ether oxygens (including phenoxy) is 1. The summed E-state index contributed by atoms with van der Waals surface area (Å²) < 4.78 is 5.90. The number of hydrogen-bond donors (Lipinski definition) is 2. The van der Waals surface area contributed by atoms with Crippen LogP contribution in [0.3, 0.4) is 0 Å². The fourth-order valence-electron chi connectivity index (χ4n) is 2.40. The van der Waals surface area contributed by atoms with Crippen LogP contribution in [0.2, 0.25) is 0 Å². The van der Waals surface area contributed by atoms with Crippen LogP contribution in [0.4, 0.5) is 0 Å². The molecule has 0 radical (unpaired) electrons. The Balaban J connectivity index is 1.94. The number of hydrogen-bond acceptors (Lipinski definition) is 3. The van der Waals surface area contributed by atoms with Crippen molar-refractivity contribution in [1.29, 1.82) is 0 Å². The van der Waals surface area contributed by atoms with E-state index in [1.165, 1.54) is 25.7 Å². The number of hydrazine groups is 1. The molecule has 0 heterocycles. The minimum Gasteiger partial charge on any atom is -0.378 e. The third kappa shape index (κ3) is 6.03. The summed E-state index contributed by atoms with van der Waals surface area (Å²) in [6.07, 6.45) is 9.16. The summed E-state index contributed by atoms with van der Waals surface area (Å²) in [5.74, 6) is 5.64. The fourth-order valence-corrected chi connectivity index (χ4v) is 2.40. The third-order valence-electron chi connectivity index (χ3n) is 3.57. The lowest BCUT2D eigenvalue weighted by atomic mass is 9.88. The molecule has 1 amide bonds. The minimum atomic E-state index is -0.0770. The van der Waals surface area contributed by atoms with Crippen LogP contribution in [0.15, 0.2) is 0 Å². The second-order valence-corrected chi connectivity index (χ2v) is 5.05. The summed E-state index contributed by atoms with van der Waals surface area (Å²) in [6.45, 7) is 3.12.